The molecule has 0 spiro atoms. The molecule has 0 aromatic rings. The summed E-state index contributed by atoms with van der Waals surface area (Å²) in [5, 5.41) is 13.9. The third-order valence-corrected chi connectivity index (χ3v) is 16.3. The number of phosphoric acid groups is 1. The highest BCUT2D eigenvalue weighted by Crippen LogP contribution is 2.43. The molecule has 0 bridgehead atoms. The van der Waals surface area contributed by atoms with Gasteiger partial charge < -0.3 is 19.8 Å². The summed E-state index contributed by atoms with van der Waals surface area (Å²) in [6.07, 6.45) is 79.9. The predicted octanol–water partition coefficient (Wildman–Crippen LogP) is 21.1. The largest absolute Gasteiger partial charge is 0.472 e. The lowest BCUT2D eigenvalue weighted by molar-refractivity contribution is -0.870. The lowest BCUT2D eigenvalue weighted by Crippen LogP contribution is -2.45. The first-order chi connectivity index (χ1) is 37.5. The van der Waals surface area contributed by atoms with Crippen LogP contribution in [0.1, 0.15) is 328 Å². The summed E-state index contributed by atoms with van der Waals surface area (Å²) in [7, 11) is 1.57. The van der Waals surface area contributed by atoms with Crippen molar-refractivity contribution in [3.05, 3.63) is 48.6 Å². The lowest BCUT2D eigenvalue weighted by atomic mass is 10.0. The van der Waals surface area contributed by atoms with Gasteiger partial charge in [0.05, 0.1) is 39.9 Å². The molecule has 0 aromatic heterocycles. The average Bonchev–Trinajstić information content (AvgIpc) is 3.39. The van der Waals surface area contributed by atoms with Crippen molar-refractivity contribution in [3.8, 4) is 0 Å². The standard InChI is InChI=1S/C68H131N2O6P/c1-6-8-10-12-14-16-18-20-22-23-24-25-26-27-28-29-30-31-32-33-34-35-36-37-38-39-40-41-42-43-44-45-46-47-48-50-52-54-56-58-60-62-68(72)69-66(65-76-77(73,74)75-64-63-70(3,4)5)67(71)61-59-57-55-53-51-49-21-19-17-15-13-11-9-7-2/h18,20,23-24,51,53,59,61,66-67,71H,6-17,19,21-22,25-50,52,54-58,60,62-65H2,1-5H3,(H-,69,72,73,74)/p+1/b20-18-,24-23-,53-51+,61-59+. The summed E-state index contributed by atoms with van der Waals surface area (Å²) in [4.78, 5) is 23.3. The minimum absolute atomic E-state index is 0.0575. The number of carbonyl (C=O) groups is 1. The Balaban J connectivity index is 3.85. The third kappa shape index (κ3) is 61.9. The van der Waals surface area contributed by atoms with Crippen molar-refractivity contribution >= 4 is 13.7 Å². The number of nitrogens with zero attached hydrogens (tertiary/aromatic N) is 1. The number of rotatable bonds is 62. The second kappa shape index (κ2) is 59.1. The van der Waals surface area contributed by atoms with Crippen molar-refractivity contribution in [2.45, 2.75) is 341 Å². The van der Waals surface area contributed by atoms with Crippen molar-refractivity contribution in [1.29, 1.82) is 0 Å². The van der Waals surface area contributed by atoms with Gasteiger partial charge in [0, 0.05) is 6.42 Å². The van der Waals surface area contributed by atoms with E-state index in [1.54, 1.807) is 6.08 Å². The van der Waals surface area contributed by atoms with E-state index >= 15 is 0 Å². The molecule has 0 saturated heterocycles. The van der Waals surface area contributed by atoms with Crippen LogP contribution >= 0.6 is 7.82 Å². The first kappa shape index (κ1) is 75.5. The quantitative estimate of drug-likeness (QED) is 0.0243. The van der Waals surface area contributed by atoms with Crippen LogP contribution in [0.25, 0.3) is 0 Å². The summed E-state index contributed by atoms with van der Waals surface area (Å²) >= 11 is 0. The zero-order valence-electron chi connectivity index (χ0n) is 52.0. The highest BCUT2D eigenvalue weighted by molar-refractivity contribution is 7.47. The number of hydrogen-bond donors (Lipinski definition) is 3. The molecule has 0 aromatic carbocycles. The van der Waals surface area contributed by atoms with Gasteiger partial charge in [-0.05, 0) is 64.2 Å². The number of amides is 1. The van der Waals surface area contributed by atoms with E-state index in [1.165, 1.54) is 263 Å². The number of phosphoric ester groups is 1. The fourth-order valence-electron chi connectivity index (χ4n) is 10.0. The molecule has 1 amide bonds. The van der Waals surface area contributed by atoms with Gasteiger partial charge in [-0.15, -0.1) is 0 Å². The second-order valence-corrected chi connectivity index (χ2v) is 25.6. The molecule has 8 nitrogen and oxygen atoms in total. The van der Waals surface area contributed by atoms with E-state index in [0.717, 1.165) is 44.9 Å². The monoisotopic (exact) mass is 1100 g/mol. The molecule has 0 rings (SSSR count). The number of unbranched alkanes of at least 4 members (excludes halogenated alkanes) is 43. The van der Waals surface area contributed by atoms with Gasteiger partial charge in [-0.3, -0.25) is 13.8 Å². The summed E-state index contributed by atoms with van der Waals surface area (Å²) in [6, 6.07) is -0.861. The molecule has 77 heavy (non-hydrogen) atoms. The maximum Gasteiger partial charge on any atom is 0.472 e. The number of hydrogen-bond acceptors (Lipinski definition) is 5. The number of likely N-dealkylation sites (N-methyl/N-ethyl adjacent to an activating group) is 1. The number of allylic oxidation sites excluding steroid dienone is 7. The number of aliphatic hydroxyl groups is 1. The maximum absolute atomic E-state index is 13.0. The molecule has 3 atom stereocenters. The van der Waals surface area contributed by atoms with E-state index in [-0.39, 0.29) is 19.1 Å². The van der Waals surface area contributed by atoms with E-state index in [4.69, 9.17) is 9.05 Å². The molecular weight excluding hydrogens is 972 g/mol. The molecule has 9 heteroatoms. The predicted molar refractivity (Wildman–Crippen MR) is 337 cm³/mol. The molecule has 3 unspecified atom stereocenters. The second-order valence-electron chi connectivity index (χ2n) is 24.2. The van der Waals surface area contributed by atoms with E-state index in [2.05, 4.69) is 55.6 Å². The normalized spacial score (nSPS) is 14.0. The highest BCUT2D eigenvalue weighted by Gasteiger charge is 2.28. The summed E-state index contributed by atoms with van der Waals surface area (Å²) in [5.74, 6) is -0.182. The van der Waals surface area contributed by atoms with Gasteiger partial charge in [0.2, 0.25) is 5.91 Å². The Morgan fingerprint density at radius 2 is 0.753 bits per heavy atom. The fraction of sp³-hybridized carbons (Fsp3) is 0.868. The molecule has 0 aliphatic rings. The van der Waals surface area contributed by atoms with Crippen LogP contribution in [0.5, 0.6) is 0 Å². The fourth-order valence-corrected chi connectivity index (χ4v) is 10.8. The highest BCUT2D eigenvalue weighted by atomic mass is 31.2. The Kier molecular flexibility index (Phi) is 57.9. The average molecular weight is 1100 g/mol. The third-order valence-electron chi connectivity index (χ3n) is 15.3. The van der Waals surface area contributed by atoms with Crippen LogP contribution in [0, 0.1) is 0 Å². The van der Waals surface area contributed by atoms with Crippen molar-refractivity contribution in [3.63, 3.8) is 0 Å². The van der Waals surface area contributed by atoms with Gasteiger partial charge in [0.25, 0.3) is 0 Å². The first-order valence-electron chi connectivity index (χ1n) is 33.5. The Morgan fingerprint density at radius 3 is 1.12 bits per heavy atom. The number of carbonyl (C=O) groups excluding carboxylic acids is 1. The molecule has 0 saturated carbocycles. The van der Waals surface area contributed by atoms with Gasteiger partial charge in [-0.2, -0.15) is 0 Å². The van der Waals surface area contributed by atoms with E-state index in [0.29, 0.717) is 17.4 Å². The zero-order chi connectivity index (χ0) is 56.3. The summed E-state index contributed by atoms with van der Waals surface area (Å²) < 4.78 is 23.7. The van der Waals surface area contributed by atoms with Crippen LogP contribution in [0.2, 0.25) is 0 Å². The van der Waals surface area contributed by atoms with Crippen LogP contribution < -0.4 is 5.32 Å². The van der Waals surface area contributed by atoms with Crippen molar-refractivity contribution in [1.82, 2.24) is 5.32 Å². The smallest absolute Gasteiger partial charge is 0.387 e. The number of aliphatic hydroxyl groups excluding tert-OH is 1. The number of nitrogens with one attached hydrogen (secondary N) is 1. The lowest BCUT2D eigenvalue weighted by Gasteiger charge is -2.25. The van der Waals surface area contributed by atoms with Crippen molar-refractivity contribution in [2.24, 2.45) is 0 Å². The van der Waals surface area contributed by atoms with Gasteiger partial charge >= 0.3 is 7.82 Å². The molecule has 0 fully saturated rings. The Hall–Kier alpha value is -1.54. The molecule has 454 valence electrons. The topological polar surface area (TPSA) is 105 Å². The van der Waals surface area contributed by atoms with Crippen molar-refractivity contribution < 1.29 is 32.9 Å². The van der Waals surface area contributed by atoms with Crippen LogP contribution in [-0.4, -0.2) is 73.4 Å². The SMILES string of the molecule is CCCCCCC/C=C\C/C=C\CCCCCCCCCCCCCCCCCCCCCCCCCCCCCCCC(=O)NC(COP(=O)(O)OCC[N+](C)(C)C)C(O)/C=C/CC/C=C/CCCCCCCCCC. The van der Waals surface area contributed by atoms with E-state index in [9.17, 15) is 19.4 Å². The Labute approximate surface area is 479 Å². The first-order valence-corrected chi connectivity index (χ1v) is 35.0. The van der Waals surface area contributed by atoms with Gasteiger partial charge in [-0.1, -0.05) is 306 Å². The van der Waals surface area contributed by atoms with Crippen LogP contribution in [0.15, 0.2) is 48.6 Å². The summed E-state index contributed by atoms with van der Waals surface area (Å²) in [5.41, 5.74) is 0. The Bertz CT molecular complexity index is 1390. The van der Waals surface area contributed by atoms with Crippen LogP contribution in [-0.2, 0) is 18.4 Å². The van der Waals surface area contributed by atoms with Crippen molar-refractivity contribution in [2.75, 3.05) is 40.9 Å². The van der Waals surface area contributed by atoms with E-state index in [1.807, 2.05) is 27.2 Å². The van der Waals surface area contributed by atoms with E-state index < -0.39 is 20.0 Å². The molecule has 0 aliphatic carbocycles. The molecule has 0 aliphatic heterocycles. The minimum atomic E-state index is -4.35. The van der Waals surface area contributed by atoms with Crippen LogP contribution in [0.3, 0.4) is 0 Å². The minimum Gasteiger partial charge on any atom is -0.387 e. The van der Waals surface area contributed by atoms with Gasteiger partial charge in [0.15, 0.2) is 0 Å². The Morgan fingerprint density at radius 1 is 0.442 bits per heavy atom. The molecular formula is C68H132N2O6P+. The van der Waals surface area contributed by atoms with Gasteiger partial charge in [-0.25, -0.2) is 4.57 Å². The zero-order valence-corrected chi connectivity index (χ0v) is 52.9. The van der Waals surface area contributed by atoms with Crippen LogP contribution in [0.4, 0.5) is 0 Å². The number of quaternary nitrogens is 1. The molecule has 0 radical (unpaired) electrons. The van der Waals surface area contributed by atoms with Gasteiger partial charge in [0.1, 0.15) is 13.2 Å². The maximum atomic E-state index is 13.0. The molecule has 3 N–H and O–H groups in total. The summed E-state index contributed by atoms with van der Waals surface area (Å²) in [6.45, 7) is 4.81. The molecule has 0 heterocycles.